The van der Waals surface area contributed by atoms with E-state index in [1.807, 2.05) is 30.3 Å². The Morgan fingerprint density at radius 3 is 2.26 bits per heavy atom. The Morgan fingerprint density at radius 1 is 1.03 bits per heavy atom. The molecule has 0 aromatic heterocycles. The SMILES string of the molecule is CC(C)(C)OC(=O)N[C@@H](c1ccccc1)[C@]1(F)C(=O)N(Cc2ccccc2)c2ccc(F)cc21. The highest BCUT2D eigenvalue weighted by Gasteiger charge is 2.58. The first-order chi connectivity index (χ1) is 16.1. The highest BCUT2D eigenvalue weighted by molar-refractivity contribution is 6.07. The maximum atomic E-state index is 17.1. The van der Waals surface area contributed by atoms with Crippen LogP contribution >= 0.6 is 0 Å². The molecule has 0 aliphatic carbocycles. The van der Waals surface area contributed by atoms with E-state index in [0.717, 1.165) is 11.6 Å². The van der Waals surface area contributed by atoms with Gasteiger partial charge in [-0.3, -0.25) is 4.79 Å². The number of nitrogens with zero attached hydrogens (tertiary/aromatic N) is 1. The maximum absolute atomic E-state index is 17.1. The standard InChI is InChI=1S/C27H26F2N2O3/c1-26(2,3)34-25(33)30-23(19-12-8-5-9-13-19)27(29)21-16-20(28)14-15-22(21)31(24(27)32)17-18-10-6-4-7-11-18/h4-16,23H,17H2,1-3H3,(H,30,33)/t23-,27-/m0/s1. The van der Waals surface area contributed by atoms with Crippen molar-refractivity contribution in [1.82, 2.24) is 5.32 Å². The van der Waals surface area contributed by atoms with Gasteiger partial charge in [0.2, 0.25) is 5.67 Å². The van der Waals surface area contributed by atoms with Crippen molar-refractivity contribution in [2.75, 3.05) is 4.90 Å². The number of alkyl carbamates (subject to hydrolysis) is 1. The number of anilines is 1. The molecule has 5 nitrogen and oxygen atoms in total. The summed E-state index contributed by atoms with van der Waals surface area (Å²) in [4.78, 5) is 27.7. The molecule has 2 amide bonds. The van der Waals surface area contributed by atoms with Gasteiger partial charge >= 0.3 is 6.09 Å². The minimum Gasteiger partial charge on any atom is -0.444 e. The highest BCUT2D eigenvalue weighted by atomic mass is 19.1. The van der Waals surface area contributed by atoms with Crippen molar-refractivity contribution in [3.05, 3.63) is 101 Å². The molecule has 4 rings (SSSR count). The lowest BCUT2D eigenvalue weighted by Crippen LogP contribution is -2.48. The fourth-order valence-electron chi connectivity index (χ4n) is 4.14. The molecule has 0 saturated heterocycles. The van der Waals surface area contributed by atoms with Crippen LogP contribution in [-0.2, 0) is 21.7 Å². The van der Waals surface area contributed by atoms with Crippen molar-refractivity contribution in [3.8, 4) is 0 Å². The van der Waals surface area contributed by atoms with E-state index in [-0.39, 0.29) is 17.8 Å². The Balaban J connectivity index is 1.82. The van der Waals surface area contributed by atoms with E-state index in [4.69, 9.17) is 4.74 Å². The van der Waals surface area contributed by atoms with Gasteiger partial charge in [0.1, 0.15) is 17.5 Å². The van der Waals surface area contributed by atoms with E-state index in [9.17, 15) is 14.0 Å². The predicted molar refractivity (Wildman–Crippen MR) is 125 cm³/mol. The molecule has 0 unspecified atom stereocenters. The van der Waals surface area contributed by atoms with E-state index in [1.165, 1.54) is 17.0 Å². The van der Waals surface area contributed by atoms with E-state index in [0.29, 0.717) is 5.56 Å². The lowest BCUT2D eigenvalue weighted by atomic mass is 9.85. The quantitative estimate of drug-likeness (QED) is 0.519. The molecule has 34 heavy (non-hydrogen) atoms. The van der Waals surface area contributed by atoms with Crippen molar-refractivity contribution in [2.24, 2.45) is 0 Å². The number of alkyl halides is 1. The predicted octanol–water partition coefficient (Wildman–Crippen LogP) is 5.80. The van der Waals surface area contributed by atoms with Crippen LogP contribution in [0.25, 0.3) is 0 Å². The van der Waals surface area contributed by atoms with Crippen molar-refractivity contribution in [1.29, 1.82) is 0 Å². The van der Waals surface area contributed by atoms with Gasteiger partial charge in [-0.2, -0.15) is 0 Å². The summed E-state index contributed by atoms with van der Waals surface area (Å²) < 4.78 is 36.8. The van der Waals surface area contributed by atoms with Crippen LogP contribution in [0, 0.1) is 5.82 Å². The molecule has 1 N–H and O–H groups in total. The Morgan fingerprint density at radius 2 is 1.65 bits per heavy atom. The van der Waals surface area contributed by atoms with Crippen LogP contribution in [-0.4, -0.2) is 17.6 Å². The number of halogens is 2. The summed E-state index contributed by atoms with van der Waals surface area (Å²) in [5.74, 6) is -1.57. The number of ether oxygens (including phenoxy) is 1. The third-order valence-electron chi connectivity index (χ3n) is 5.57. The second kappa shape index (κ2) is 8.89. The maximum Gasteiger partial charge on any atom is 0.408 e. The number of fused-ring (bicyclic) bond motifs is 1. The van der Waals surface area contributed by atoms with Crippen LogP contribution in [0.15, 0.2) is 78.9 Å². The summed E-state index contributed by atoms with van der Waals surface area (Å²) in [5, 5.41) is 2.54. The van der Waals surface area contributed by atoms with Gasteiger partial charge in [0.05, 0.1) is 12.2 Å². The largest absolute Gasteiger partial charge is 0.444 e. The van der Waals surface area contributed by atoms with Gasteiger partial charge in [0.25, 0.3) is 5.91 Å². The summed E-state index contributed by atoms with van der Waals surface area (Å²) in [7, 11) is 0. The monoisotopic (exact) mass is 464 g/mol. The van der Waals surface area contributed by atoms with Crippen molar-refractivity contribution in [2.45, 2.75) is 44.6 Å². The first kappa shape index (κ1) is 23.4. The second-order valence-electron chi connectivity index (χ2n) is 9.24. The molecule has 0 spiro atoms. The minimum absolute atomic E-state index is 0.0952. The molecule has 0 fully saturated rings. The van der Waals surface area contributed by atoms with Crippen LogP contribution in [0.5, 0.6) is 0 Å². The second-order valence-corrected chi connectivity index (χ2v) is 9.24. The Bertz CT molecular complexity index is 1200. The number of nitrogens with one attached hydrogen (secondary N) is 1. The molecule has 3 aromatic rings. The number of rotatable bonds is 5. The third kappa shape index (κ3) is 4.51. The average Bonchev–Trinajstić information content (AvgIpc) is 2.99. The molecule has 1 aliphatic rings. The van der Waals surface area contributed by atoms with Crippen LogP contribution in [0.1, 0.15) is 43.5 Å². The van der Waals surface area contributed by atoms with Gasteiger partial charge in [-0.15, -0.1) is 0 Å². The summed E-state index contributed by atoms with van der Waals surface area (Å²) in [6.45, 7) is 5.14. The third-order valence-corrected chi connectivity index (χ3v) is 5.57. The number of hydrogen-bond acceptors (Lipinski definition) is 3. The minimum atomic E-state index is -2.76. The number of hydrogen-bond donors (Lipinski definition) is 1. The normalized spacial score (nSPS) is 18.4. The summed E-state index contributed by atoms with van der Waals surface area (Å²) in [6, 6.07) is 19.6. The number of carbonyl (C=O) groups excluding carboxylic acids is 2. The molecule has 1 heterocycles. The van der Waals surface area contributed by atoms with Gasteiger partial charge in [-0.25, -0.2) is 13.6 Å². The topological polar surface area (TPSA) is 58.6 Å². The van der Waals surface area contributed by atoms with E-state index in [2.05, 4.69) is 5.32 Å². The fourth-order valence-corrected chi connectivity index (χ4v) is 4.14. The lowest BCUT2D eigenvalue weighted by Gasteiger charge is -2.32. The van der Waals surface area contributed by atoms with E-state index < -0.39 is 35.1 Å². The van der Waals surface area contributed by atoms with Crippen LogP contribution in [0.3, 0.4) is 0 Å². The molecule has 176 valence electrons. The van der Waals surface area contributed by atoms with Gasteiger partial charge < -0.3 is 15.0 Å². The number of carbonyl (C=O) groups is 2. The Labute approximate surface area is 197 Å². The lowest BCUT2D eigenvalue weighted by molar-refractivity contribution is -0.131. The van der Waals surface area contributed by atoms with Gasteiger partial charge in [-0.1, -0.05) is 60.7 Å². The average molecular weight is 465 g/mol. The van der Waals surface area contributed by atoms with Crippen LogP contribution in [0.2, 0.25) is 0 Å². The molecular formula is C27H26F2N2O3. The summed E-state index contributed by atoms with van der Waals surface area (Å²) in [6.07, 6.45) is -0.884. The molecule has 3 aromatic carbocycles. The van der Waals surface area contributed by atoms with Gasteiger partial charge in [-0.05, 0) is 50.1 Å². The Hall–Kier alpha value is -3.74. The molecule has 0 radical (unpaired) electrons. The molecule has 2 atom stereocenters. The summed E-state index contributed by atoms with van der Waals surface area (Å²) >= 11 is 0. The van der Waals surface area contributed by atoms with E-state index >= 15 is 4.39 Å². The first-order valence-corrected chi connectivity index (χ1v) is 11.0. The van der Waals surface area contributed by atoms with Crippen molar-refractivity contribution < 1.29 is 23.1 Å². The number of benzene rings is 3. The zero-order valence-corrected chi connectivity index (χ0v) is 19.2. The fraction of sp³-hybridized carbons (Fsp3) is 0.259. The van der Waals surface area contributed by atoms with Gasteiger partial charge in [0.15, 0.2) is 0 Å². The van der Waals surface area contributed by atoms with Gasteiger partial charge in [0, 0.05) is 5.56 Å². The molecule has 1 aliphatic heterocycles. The zero-order chi connectivity index (χ0) is 24.5. The van der Waals surface area contributed by atoms with E-state index in [1.54, 1.807) is 51.1 Å². The van der Waals surface area contributed by atoms with Crippen LogP contribution < -0.4 is 10.2 Å². The Kier molecular flexibility index (Phi) is 6.13. The van der Waals surface area contributed by atoms with Crippen LogP contribution in [0.4, 0.5) is 19.3 Å². The van der Waals surface area contributed by atoms with Crippen molar-refractivity contribution >= 4 is 17.7 Å². The molecule has 0 bridgehead atoms. The number of amides is 2. The molecule has 7 heteroatoms. The van der Waals surface area contributed by atoms with Crippen molar-refractivity contribution in [3.63, 3.8) is 0 Å². The first-order valence-electron chi connectivity index (χ1n) is 11.0. The molecular weight excluding hydrogens is 438 g/mol. The zero-order valence-electron chi connectivity index (χ0n) is 19.2. The smallest absolute Gasteiger partial charge is 0.408 e. The summed E-state index contributed by atoms with van der Waals surface area (Å²) in [5.41, 5.74) is -2.35. The highest BCUT2D eigenvalue weighted by Crippen LogP contribution is 2.50. The molecule has 0 saturated carbocycles.